The Kier molecular flexibility index (Phi) is 9.44. The highest BCUT2D eigenvalue weighted by molar-refractivity contribution is 5.76. The van der Waals surface area contributed by atoms with E-state index in [4.69, 9.17) is 29.6 Å². The summed E-state index contributed by atoms with van der Waals surface area (Å²) in [6, 6.07) is 0.924. The van der Waals surface area contributed by atoms with Gasteiger partial charge in [0.05, 0.1) is 26.2 Å². The van der Waals surface area contributed by atoms with Crippen molar-refractivity contribution in [3.63, 3.8) is 0 Å². The number of aliphatic hydroxyl groups excluding tert-OH is 1. The van der Waals surface area contributed by atoms with Crippen LogP contribution in [0.5, 0.6) is 5.75 Å². The molecule has 0 bridgehead atoms. The molecule has 160 valence electrons. The van der Waals surface area contributed by atoms with Crippen LogP contribution in [0.25, 0.3) is 0 Å². The Morgan fingerprint density at radius 2 is 1.38 bits per heavy atom. The van der Waals surface area contributed by atoms with Gasteiger partial charge in [-0.2, -0.15) is 0 Å². The van der Waals surface area contributed by atoms with Gasteiger partial charge in [-0.3, -0.25) is 33.8 Å². The second-order valence-corrected chi connectivity index (χ2v) is 5.81. The molecule has 0 amide bonds. The van der Waals surface area contributed by atoms with E-state index in [-0.39, 0.29) is 18.8 Å². The molecule has 0 saturated carbocycles. The van der Waals surface area contributed by atoms with Crippen molar-refractivity contribution in [3.8, 4) is 5.75 Å². The third kappa shape index (κ3) is 9.46. The van der Waals surface area contributed by atoms with Crippen LogP contribution in [0.1, 0.15) is 5.76 Å². The van der Waals surface area contributed by atoms with Crippen LogP contribution in [0.3, 0.4) is 0 Å². The van der Waals surface area contributed by atoms with Crippen molar-refractivity contribution < 1.29 is 48.8 Å². The SMILES string of the molecule is O=C(O)CN(CCN(CC(=O)O)CC(=O)Oc1coc(CO)cc1=O)CC(=O)O. The van der Waals surface area contributed by atoms with E-state index < -0.39 is 67.8 Å². The monoisotopic (exact) mass is 416 g/mol. The van der Waals surface area contributed by atoms with E-state index in [2.05, 4.69) is 0 Å². The molecule has 0 atom stereocenters. The van der Waals surface area contributed by atoms with Gasteiger partial charge < -0.3 is 29.6 Å². The number of carboxylic acids is 3. The third-order valence-electron chi connectivity index (χ3n) is 3.39. The molecular formula is C16H20N2O11. The standard InChI is InChI=1S/C16H20N2O11/c19-8-10-3-11(20)12(9-28-10)29-16(27)7-18(6-15(25)26)2-1-17(4-13(21)22)5-14(23)24/h3,9,19H,1-2,4-8H2,(H,21,22)(H,23,24)(H,25,26). The first-order chi connectivity index (χ1) is 13.6. The molecular weight excluding hydrogens is 396 g/mol. The highest BCUT2D eigenvalue weighted by Gasteiger charge is 2.20. The maximum atomic E-state index is 12.0. The van der Waals surface area contributed by atoms with E-state index in [1.165, 1.54) is 0 Å². The summed E-state index contributed by atoms with van der Waals surface area (Å²) in [6.45, 7) is -3.18. The van der Waals surface area contributed by atoms with Crippen molar-refractivity contribution in [1.82, 2.24) is 9.80 Å². The number of carboxylic acid groups (broad SMARTS) is 3. The van der Waals surface area contributed by atoms with Gasteiger partial charge in [-0.05, 0) is 0 Å². The zero-order valence-corrected chi connectivity index (χ0v) is 15.1. The molecule has 1 aromatic rings. The van der Waals surface area contributed by atoms with Crippen LogP contribution in [0.2, 0.25) is 0 Å². The average molecular weight is 416 g/mol. The van der Waals surface area contributed by atoms with Gasteiger partial charge in [0.15, 0.2) is 0 Å². The molecule has 4 N–H and O–H groups in total. The fourth-order valence-corrected chi connectivity index (χ4v) is 2.22. The van der Waals surface area contributed by atoms with Gasteiger partial charge in [0.1, 0.15) is 18.6 Å². The summed E-state index contributed by atoms with van der Waals surface area (Å²) >= 11 is 0. The molecule has 29 heavy (non-hydrogen) atoms. The Labute approximate surface area is 163 Å². The van der Waals surface area contributed by atoms with Crippen molar-refractivity contribution in [1.29, 1.82) is 0 Å². The normalized spacial score (nSPS) is 10.9. The lowest BCUT2D eigenvalue weighted by Crippen LogP contribution is -2.44. The average Bonchev–Trinajstić information content (AvgIpc) is 2.59. The van der Waals surface area contributed by atoms with Crippen molar-refractivity contribution in [3.05, 3.63) is 28.3 Å². The van der Waals surface area contributed by atoms with Crippen LogP contribution in [0, 0.1) is 0 Å². The lowest BCUT2D eigenvalue weighted by Gasteiger charge is -2.24. The fraction of sp³-hybridized carbons (Fsp3) is 0.438. The summed E-state index contributed by atoms with van der Waals surface area (Å²) in [7, 11) is 0. The van der Waals surface area contributed by atoms with Crippen LogP contribution < -0.4 is 10.2 Å². The Hall–Kier alpha value is -3.29. The molecule has 1 rings (SSSR count). The van der Waals surface area contributed by atoms with E-state index in [9.17, 15) is 24.0 Å². The first-order valence-electron chi connectivity index (χ1n) is 8.14. The molecule has 0 saturated heterocycles. The number of esters is 1. The number of rotatable bonds is 13. The molecule has 0 aliphatic rings. The highest BCUT2D eigenvalue weighted by Crippen LogP contribution is 2.06. The first-order valence-corrected chi connectivity index (χ1v) is 8.14. The summed E-state index contributed by atoms with van der Waals surface area (Å²) < 4.78 is 9.69. The highest BCUT2D eigenvalue weighted by atomic mass is 16.5. The molecule has 0 radical (unpaired) electrons. The maximum Gasteiger partial charge on any atom is 0.325 e. The predicted molar refractivity (Wildman–Crippen MR) is 92.3 cm³/mol. The number of nitrogens with zero attached hydrogens (tertiary/aromatic N) is 2. The Bertz CT molecular complexity index is 788. The summed E-state index contributed by atoms with van der Waals surface area (Å²) in [5.41, 5.74) is -0.729. The smallest absolute Gasteiger partial charge is 0.325 e. The Morgan fingerprint density at radius 1 is 0.897 bits per heavy atom. The second-order valence-electron chi connectivity index (χ2n) is 5.81. The van der Waals surface area contributed by atoms with Crippen LogP contribution in [0.4, 0.5) is 0 Å². The van der Waals surface area contributed by atoms with E-state index in [0.717, 1.165) is 22.1 Å². The minimum Gasteiger partial charge on any atom is -0.480 e. The number of carbonyl (C=O) groups excluding carboxylic acids is 1. The largest absolute Gasteiger partial charge is 0.480 e. The molecule has 0 fully saturated rings. The molecule has 0 unspecified atom stereocenters. The predicted octanol–water partition coefficient (Wildman–Crippen LogP) is -2.10. The molecule has 13 heteroatoms. The number of aliphatic hydroxyl groups is 1. The molecule has 13 nitrogen and oxygen atoms in total. The van der Waals surface area contributed by atoms with Crippen molar-refractivity contribution in [2.75, 3.05) is 39.3 Å². The van der Waals surface area contributed by atoms with Crippen molar-refractivity contribution in [2.45, 2.75) is 6.61 Å². The third-order valence-corrected chi connectivity index (χ3v) is 3.39. The summed E-state index contributed by atoms with van der Waals surface area (Å²) in [5, 5.41) is 35.5. The number of carbonyl (C=O) groups is 4. The van der Waals surface area contributed by atoms with Crippen molar-refractivity contribution >= 4 is 23.9 Å². The van der Waals surface area contributed by atoms with Crippen LogP contribution in [0.15, 0.2) is 21.5 Å². The number of hydrogen-bond acceptors (Lipinski definition) is 10. The first kappa shape index (κ1) is 23.7. The second kappa shape index (κ2) is 11.5. The quantitative estimate of drug-likeness (QED) is 0.255. The lowest BCUT2D eigenvalue weighted by molar-refractivity contribution is -0.144. The Morgan fingerprint density at radius 3 is 1.79 bits per heavy atom. The maximum absolute atomic E-state index is 12.0. The summed E-state index contributed by atoms with van der Waals surface area (Å²) in [4.78, 5) is 58.5. The van der Waals surface area contributed by atoms with Crippen LogP contribution >= 0.6 is 0 Å². The van der Waals surface area contributed by atoms with E-state index >= 15 is 0 Å². The molecule has 1 heterocycles. The molecule has 0 aliphatic carbocycles. The van der Waals surface area contributed by atoms with Crippen molar-refractivity contribution in [2.24, 2.45) is 0 Å². The van der Waals surface area contributed by atoms with Gasteiger partial charge in [-0.15, -0.1) is 0 Å². The van der Waals surface area contributed by atoms with Gasteiger partial charge in [-0.1, -0.05) is 0 Å². The fourth-order valence-electron chi connectivity index (χ4n) is 2.22. The molecule has 0 aromatic carbocycles. The van der Waals surface area contributed by atoms with E-state index in [1.807, 2.05) is 0 Å². The minimum absolute atomic E-state index is 0.0424. The van der Waals surface area contributed by atoms with E-state index in [1.54, 1.807) is 0 Å². The van der Waals surface area contributed by atoms with Gasteiger partial charge in [0.25, 0.3) is 0 Å². The van der Waals surface area contributed by atoms with Gasteiger partial charge >= 0.3 is 23.9 Å². The lowest BCUT2D eigenvalue weighted by atomic mass is 10.3. The minimum atomic E-state index is -1.28. The summed E-state index contributed by atoms with van der Waals surface area (Å²) in [6.07, 6.45) is 0.828. The molecule has 0 aliphatic heterocycles. The topological polar surface area (TPSA) is 195 Å². The number of hydrogen-bond donors (Lipinski definition) is 4. The van der Waals surface area contributed by atoms with E-state index in [0.29, 0.717) is 0 Å². The number of aliphatic carboxylic acids is 3. The zero-order chi connectivity index (χ0) is 22.0. The molecule has 0 spiro atoms. The Balaban J connectivity index is 2.75. The van der Waals surface area contributed by atoms with Crippen LogP contribution in [-0.2, 0) is 25.8 Å². The van der Waals surface area contributed by atoms with Crippen LogP contribution in [-0.4, -0.2) is 93.4 Å². The van der Waals surface area contributed by atoms with Gasteiger partial charge in [0, 0.05) is 19.2 Å². The number of ether oxygens (including phenoxy) is 1. The zero-order valence-electron chi connectivity index (χ0n) is 15.1. The molecule has 1 aromatic heterocycles. The van der Waals surface area contributed by atoms with Gasteiger partial charge in [-0.25, -0.2) is 0 Å². The van der Waals surface area contributed by atoms with Gasteiger partial charge in [0.2, 0.25) is 11.2 Å². The summed E-state index contributed by atoms with van der Waals surface area (Å²) in [5.74, 6) is -5.31.